The molecule has 0 radical (unpaired) electrons. The molecule has 4 nitrogen and oxygen atoms in total. The highest BCUT2D eigenvalue weighted by molar-refractivity contribution is 6.31. The van der Waals surface area contributed by atoms with E-state index in [2.05, 4.69) is 17.4 Å². The number of amides is 2. The third kappa shape index (κ3) is 4.25. The van der Waals surface area contributed by atoms with E-state index < -0.39 is 0 Å². The zero-order valence-electron chi connectivity index (χ0n) is 14.9. The molecule has 2 amide bonds. The molecule has 0 saturated carbocycles. The molecule has 0 bridgehead atoms. The van der Waals surface area contributed by atoms with Gasteiger partial charge in [-0.3, -0.25) is 9.59 Å². The number of carbonyl (C=O) groups excluding carboxylic acids is 2. The summed E-state index contributed by atoms with van der Waals surface area (Å²) in [6.45, 7) is 2.92. The molecule has 0 unspecified atom stereocenters. The molecule has 1 fully saturated rings. The van der Waals surface area contributed by atoms with Gasteiger partial charge >= 0.3 is 0 Å². The van der Waals surface area contributed by atoms with E-state index in [1.807, 2.05) is 37.3 Å². The van der Waals surface area contributed by atoms with Gasteiger partial charge in [-0.2, -0.15) is 0 Å². The largest absolute Gasteiger partial charge is 0.356 e. The molecule has 2 aromatic rings. The van der Waals surface area contributed by atoms with Crippen LogP contribution >= 0.6 is 11.6 Å². The summed E-state index contributed by atoms with van der Waals surface area (Å²) in [5.74, 6) is -0.383. The molecule has 0 aromatic heterocycles. The second kappa shape index (κ2) is 8.37. The van der Waals surface area contributed by atoms with Crippen LogP contribution in [0.15, 0.2) is 48.5 Å². The first-order chi connectivity index (χ1) is 12.6. The average molecular weight is 371 g/mol. The highest BCUT2D eigenvalue weighted by Gasteiger charge is 2.35. The Labute approximate surface area is 159 Å². The molecule has 1 atom stereocenters. The summed E-state index contributed by atoms with van der Waals surface area (Å²) in [6, 6.07) is 15.7. The van der Waals surface area contributed by atoms with Crippen LogP contribution in [0.1, 0.15) is 24.0 Å². The van der Waals surface area contributed by atoms with Crippen molar-refractivity contribution in [2.75, 3.05) is 18.0 Å². The smallest absolute Gasteiger partial charge is 0.227 e. The average Bonchev–Trinajstić information content (AvgIpc) is 3.03. The van der Waals surface area contributed by atoms with Crippen molar-refractivity contribution in [3.8, 4) is 0 Å². The van der Waals surface area contributed by atoms with Crippen molar-refractivity contribution in [1.82, 2.24) is 5.32 Å². The minimum Gasteiger partial charge on any atom is -0.356 e. The molecule has 1 N–H and O–H groups in total. The standard InChI is InChI=1S/C21H23ClN2O2/c1-15-18(22)10-5-11-19(15)24-14-17(13-20(24)25)21(26)23-12-6-9-16-7-3-2-4-8-16/h2-5,7-8,10-11,17H,6,9,12-14H2,1H3,(H,23,26)/t17-/m0/s1. The first-order valence-corrected chi connectivity index (χ1v) is 9.31. The summed E-state index contributed by atoms with van der Waals surface area (Å²) in [4.78, 5) is 26.5. The van der Waals surface area contributed by atoms with Crippen molar-refractivity contribution < 1.29 is 9.59 Å². The lowest BCUT2D eigenvalue weighted by Crippen LogP contribution is -2.33. The molecule has 1 saturated heterocycles. The fraction of sp³-hybridized carbons (Fsp3) is 0.333. The fourth-order valence-electron chi connectivity index (χ4n) is 3.30. The van der Waals surface area contributed by atoms with E-state index in [0.717, 1.165) is 24.1 Å². The number of nitrogens with one attached hydrogen (secondary N) is 1. The van der Waals surface area contributed by atoms with Gasteiger partial charge in [0.05, 0.1) is 5.92 Å². The van der Waals surface area contributed by atoms with Crippen molar-refractivity contribution in [3.63, 3.8) is 0 Å². The summed E-state index contributed by atoms with van der Waals surface area (Å²) >= 11 is 6.16. The topological polar surface area (TPSA) is 49.4 Å². The predicted octanol–water partition coefficient (Wildman–Crippen LogP) is 3.75. The summed E-state index contributed by atoms with van der Waals surface area (Å²) in [5, 5.41) is 3.60. The van der Waals surface area contributed by atoms with Crippen LogP contribution < -0.4 is 10.2 Å². The normalized spacial score (nSPS) is 16.8. The fourth-order valence-corrected chi connectivity index (χ4v) is 3.47. The van der Waals surface area contributed by atoms with Crippen molar-refractivity contribution >= 4 is 29.1 Å². The van der Waals surface area contributed by atoms with E-state index in [0.29, 0.717) is 18.1 Å². The number of anilines is 1. The Kier molecular flexibility index (Phi) is 5.94. The zero-order valence-corrected chi connectivity index (χ0v) is 15.6. The van der Waals surface area contributed by atoms with Gasteiger partial charge in [0.1, 0.15) is 0 Å². The Bertz CT molecular complexity index is 792. The van der Waals surface area contributed by atoms with Gasteiger partial charge in [-0.1, -0.05) is 48.0 Å². The lowest BCUT2D eigenvalue weighted by Gasteiger charge is -2.19. The lowest BCUT2D eigenvalue weighted by atomic mass is 10.1. The van der Waals surface area contributed by atoms with Gasteiger partial charge in [-0.25, -0.2) is 0 Å². The van der Waals surface area contributed by atoms with Gasteiger partial charge in [-0.15, -0.1) is 0 Å². The Morgan fingerprint density at radius 2 is 1.96 bits per heavy atom. The summed E-state index contributed by atoms with van der Waals surface area (Å²) in [6.07, 6.45) is 2.06. The van der Waals surface area contributed by atoms with E-state index in [4.69, 9.17) is 11.6 Å². The molecular formula is C21H23ClN2O2. The molecule has 1 aliphatic rings. The maximum Gasteiger partial charge on any atom is 0.227 e. The molecule has 0 spiro atoms. The van der Waals surface area contributed by atoms with Gasteiger partial charge in [0.25, 0.3) is 0 Å². The van der Waals surface area contributed by atoms with Crippen LogP contribution in [0.25, 0.3) is 0 Å². The first-order valence-electron chi connectivity index (χ1n) is 8.93. The van der Waals surface area contributed by atoms with Crippen LogP contribution in [-0.2, 0) is 16.0 Å². The maximum atomic E-state index is 12.4. The van der Waals surface area contributed by atoms with E-state index in [1.54, 1.807) is 11.0 Å². The van der Waals surface area contributed by atoms with Gasteiger partial charge in [0, 0.05) is 30.2 Å². The Balaban J connectivity index is 1.51. The first kappa shape index (κ1) is 18.5. The van der Waals surface area contributed by atoms with Gasteiger partial charge in [-0.05, 0) is 43.0 Å². The quantitative estimate of drug-likeness (QED) is 0.787. The highest BCUT2D eigenvalue weighted by Crippen LogP contribution is 2.31. The van der Waals surface area contributed by atoms with E-state index >= 15 is 0 Å². The van der Waals surface area contributed by atoms with Crippen LogP contribution in [0.3, 0.4) is 0 Å². The predicted molar refractivity (Wildman–Crippen MR) is 104 cm³/mol. The Morgan fingerprint density at radius 1 is 1.19 bits per heavy atom. The summed E-state index contributed by atoms with van der Waals surface area (Å²) in [7, 11) is 0. The molecule has 1 heterocycles. The second-order valence-electron chi connectivity index (χ2n) is 6.67. The number of hydrogen-bond donors (Lipinski definition) is 1. The molecule has 136 valence electrons. The van der Waals surface area contributed by atoms with Crippen LogP contribution in [0.4, 0.5) is 5.69 Å². The highest BCUT2D eigenvalue weighted by atomic mass is 35.5. The van der Waals surface area contributed by atoms with Gasteiger partial charge < -0.3 is 10.2 Å². The maximum absolute atomic E-state index is 12.4. The molecular weight excluding hydrogens is 348 g/mol. The van der Waals surface area contributed by atoms with E-state index in [9.17, 15) is 9.59 Å². The molecule has 1 aliphatic heterocycles. The molecule has 5 heteroatoms. The molecule has 26 heavy (non-hydrogen) atoms. The number of carbonyl (C=O) groups is 2. The number of hydrogen-bond acceptors (Lipinski definition) is 2. The summed E-state index contributed by atoms with van der Waals surface area (Å²) in [5.41, 5.74) is 2.92. The number of nitrogens with zero attached hydrogens (tertiary/aromatic N) is 1. The number of benzene rings is 2. The van der Waals surface area contributed by atoms with Crippen LogP contribution in [0.2, 0.25) is 5.02 Å². The summed E-state index contributed by atoms with van der Waals surface area (Å²) < 4.78 is 0. The zero-order chi connectivity index (χ0) is 18.5. The second-order valence-corrected chi connectivity index (χ2v) is 7.08. The number of rotatable bonds is 6. The minimum absolute atomic E-state index is 0.0280. The van der Waals surface area contributed by atoms with Crippen molar-refractivity contribution in [3.05, 3.63) is 64.7 Å². The minimum atomic E-state index is -0.308. The number of aryl methyl sites for hydroxylation is 1. The van der Waals surface area contributed by atoms with Gasteiger partial charge in [0.15, 0.2) is 0 Å². The third-order valence-electron chi connectivity index (χ3n) is 4.81. The van der Waals surface area contributed by atoms with Crippen LogP contribution in [0, 0.1) is 12.8 Å². The SMILES string of the molecule is Cc1c(Cl)cccc1N1C[C@@H](C(=O)NCCCc2ccccc2)CC1=O. The van der Waals surface area contributed by atoms with Gasteiger partial charge in [0.2, 0.25) is 11.8 Å². The van der Waals surface area contributed by atoms with E-state index in [1.165, 1.54) is 5.56 Å². The number of halogens is 1. The van der Waals surface area contributed by atoms with Crippen molar-refractivity contribution in [2.45, 2.75) is 26.2 Å². The Morgan fingerprint density at radius 3 is 2.73 bits per heavy atom. The lowest BCUT2D eigenvalue weighted by molar-refractivity contribution is -0.126. The Hall–Kier alpha value is -2.33. The molecule has 3 rings (SSSR count). The molecule has 2 aromatic carbocycles. The van der Waals surface area contributed by atoms with Crippen LogP contribution in [-0.4, -0.2) is 24.9 Å². The monoisotopic (exact) mass is 370 g/mol. The molecule has 0 aliphatic carbocycles. The van der Waals surface area contributed by atoms with Crippen molar-refractivity contribution in [2.24, 2.45) is 5.92 Å². The van der Waals surface area contributed by atoms with E-state index in [-0.39, 0.29) is 24.2 Å². The van der Waals surface area contributed by atoms with Crippen molar-refractivity contribution in [1.29, 1.82) is 0 Å². The van der Waals surface area contributed by atoms with Crippen LogP contribution in [0.5, 0.6) is 0 Å². The third-order valence-corrected chi connectivity index (χ3v) is 5.22.